The number of aryl methyl sites for hydroxylation is 1. The molecule has 0 atom stereocenters. The van der Waals surface area contributed by atoms with Crippen LogP contribution in [0.1, 0.15) is 18.1 Å². The van der Waals surface area contributed by atoms with Crippen molar-refractivity contribution in [2.75, 3.05) is 13.2 Å². The molecule has 0 heterocycles. The van der Waals surface area contributed by atoms with Gasteiger partial charge in [0.1, 0.15) is 17.4 Å². The van der Waals surface area contributed by atoms with Gasteiger partial charge in [0.25, 0.3) is 0 Å². The van der Waals surface area contributed by atoms with E-state index in [1.807, 2.05) is 0 Å². The zero-order valence-electron chi connectivity index (χ0n) is 16.8. The highest BCUT2D eigenvalue weighted by atomic mass is 35.5. The molecule has 7 heteroatoms. The minimum absolute atomic E-state index is 0.252. The maximum atomic E-state index is 14.4. The van der Waals surface area contributed by atoms with Crippen molar-refractivity contribution >= 4 is 29.2 Å². The molecule has 3 aromatic rings. The van der Waals surface area contributed by atoms with Gasteiger partial charge in [0.2, 0.25) is 0 Å². The van der Waals surface area contributed by atoms with Crippen LogP contribution in [0.25, 0.3) is 11.1 Å². The standard InChI is InChI=1S/C24H20Cl2F2O3/c1-2-30-23(29)14-31-22-11-9-20(25)19(24(22)26)8-6-17-12-16(7-10-21(17)28)15-4-3-5-18(27)13-15/h3-5,7,9-13H,2,6,8,14H2,1H3. The monoisotopic (exact) mass is 464 g/mol. The number of halogens is 4. The van der Waals surface area contributed by atoms with Crippen LogP contribution in [-0.4, -0.2) is 19.2 Å². The van der Waals surface area contributed by atoms with Crippen LogP contribution in [0.2, 0.25) is 10.0 Å². The molecule has 0 aliphatic rings. The fourth-order valence-electron chi connectivity index (χ4n) is 3.13. The lowest BCUT2D eigenvalue weighted by molar-refractivity contribution is -0.145. The van der Waals surface area contributed by atoms with Crippen molar-refractivity contribution in [3.8, 4) is 16.9 Å². The van der Waals surface area contributed by atoms with Crippen LogP contribution in [0.3, 0.4) is 0 Å². The van der Waals surface area contributed by atoms with Crippen molar-refractivity contribution in [2.24, 2.45) is 0 Å². The van der Waals surface area contributed by atoms with Gasteiger partial charge in [0, 0.05) is 5.02 Å². The van der Waals surface area contributed by atoms with E-state index in [2.05, 4.69) is 0 Å². The van der Waals surface area contributed by atoms with Crippen LogP contribution in [0.5, 0.6) is 5.75 Å². The Balaban J connectivity index is 1.78. The van der Waals surface area contributed by atoms with Gasteiger partial charge in [-0.3, -0.25) is 0 Å². The molecule has 0 fully saturated rings. The maximum Gasteiger partial charge on any atom is 0.344 e. The number of benzene rings is 3. The number of hydrogen-bond acceptors (Lipinski definition) is 3. The predicted octanol–water partition coefficient (Wildman–Crippen LogP) is 6.67. The third-order valence-electron chi connectivity index (χ3n) is 4.65. The van der Waals surface area contributed by atoms with E-state index in [0.717, 1.165) is 0 Å². The van der Waals surface area contributed by atoms with Crippen LogP contribution in [0, 0.1) is 11.6 Å². The molecule has 162 valence electrons. The zero-order valence-corrected chi connectivity index (χ0v) is 18.3. The second-order valence-electron chi connectivity index (χ2n) is 6.75. The van der Waals surface area contributed by atoms with E-state index in [4.69, 9.17) is 32.7 Å². The minimum atomic E-state index is -0.508. The topological polar surface area (TPSA) is 35.5 Å². The Bertz CT molecular complexity index is 1090. The maximum absolute atomic E-state index is 14.4. The van der Waals surface area contributed by atoms with Gasteiger partial charge >= 0.3 is 5.97 Å². The smallest absolute Gasteiger partial charge is 0.344 e. The molecule has 0 aliphatic carbocycles. The van der Waals surface area contributed by atoms with E-state index in [9.17, 15) is 13.6 Å². The van der Waals surface area contributed by atoms with Crippen LogP contribution >= 0.6 is 23.2 Å². The van der Waals surface area contributed by atoms with Gasteiger partial charge < -0.3 is 9.47 Å². The number of hydrogen-bond donors (Lipinski definition) is 0. The van der Waals surface area contributed by atoms with Crippen molar-refractivity contribution in [2.45, 2.75) is 19.8 Å². The quantitative estimate of drug-likeness (QED) is 0.349. The highest BCUT2D eigenvalue weighted by Crippen LogP contribution is 2.35. The Morgan fingerprint density at radius 1 is 0.968 bits per heavy atom. The van der Waals surface area contributed by atoms with Gasteiger partial charge in [-0.25, -0.2) is 13.6 Å². The predicted molar refractivity (Wildman–Crippen MR) is 118 cm³/mol. The summed E-state index contributed by atoms with van der Waals surface area (Å²) in [7, 11) is 0. The Kier molecular flexibility index (Phi) is 7.88. The SMILES string of the molecule is CCOC(=O)COc1ccc(Cl)c(CCc2cc(-c3cccc(F)c3)ccc2F)c1Cl. The summed E-state index contributed by atoms with van der Waals surface area (Å²) in [4.78, 5) is 11.5. The summed E-state index contributed by atoms with van der Waals surface area (Å²) >= 11 is 12.7. The minimum Gasteiger partial charge on any atom is -0.480 e. The average molecular weight is 465 g/mol. The first-order chi connectivity index (χ1) is 14.9. The summed E-state index contributed by atoms with van der Waals surface area (Å²) in [5.74, 6) is -0.946. The normalized spacial score (nSPS) is 10.7. The lowest BCUT2D eigenvalue weighted by Gasteiger charge is -2.13. The van der Waals surface area contributed by atoms with Crippen LogP contribution in [0.4, 0.5) is 8.78 Å². The van der Waals surface area contributed by atoms with Crippen molar-refractivity contribution in [3.05, 3.63) is 87.4 Å². The summed E-state index contributed by atoms with van der Waals surface area (Å²) in [6.45, 7) is 1.68. The highest BCUT2D eigenvalue weighted by molar-refractivity contribution is 6.37. The summed E-state index contributed by atoms with van der Waals surface area (Å²) in [5.41, 5.74) is 2.40. The second kappa shape index (κ2) is 10.6. The molecule has 0 unspecified atom stereocenters. The molecule has 0 aliphatic heterocycles. The van der Waals surface area contributed by atoms with Crippen molar-refractivity contribution in [1.82, 2.24) is 0 Å². The lowest BCUT2D eigenvalue weighted by Crippen LogP contribution is -2.15. The molecular weight excluding hydrogens is 445 g/mol. The summed E-state index contributed by atoms with van der Waals surface area (Å²) in [6, 6.07) is 14.0. The van der Waals surface area contributed by atoms with Crippen molar-refractivity contribution in [3.63, 3.8) is 0 Å². The zero-order chi connectivity index (χ0) is 22.4. The Hall–Kier alpha value is -2.63. The molecule has 0 spiro atoms. The molecule has 0 saturated carbocycles. The summed E-state index contributed by atoms with van der Waals surface area (Å²) in [6.07, 6.45) is 0.660. The van der Waals surface area contributed by atoms with E-state index in [0.29, 0.717) is 45.9 Å². The number of carbonyl (C=O) groups is 1. The van der Waals surface area contributed by atoms with Crippen LogP contribution in [0.15, 0.2) is 54.6 Å². The van der Waals surface area contributed by atoms with E-state index < -0.39 is 5.97 Å². The molecule has 0 amide bonds. The highest BCUT2D eigenvalue weighted by Gasteiger charge is 2.15. The number of rotatable bonds is 8. The molecule has 3 rings (SSSR count). The van der Waals surface area contributed by atoms with Gasteiger partial charge in [0.05, 0.1) is 11.6 Å². The fraction of sp³-hybridized carbons (Fsp3) is 0.208. The molecule has 3 nitrogen and oxygen atoms in total. The summed E-state index contributed by atoms with van der Waals surface area (Å²) in [5, 5.41) is 0.675. The van der Waals surface area contributed by atoms with Gasteiger partial charge in [-0.05, 0) is 78.4 Å². The van der Waals surface area contributed by atoms with E-state index >= 15 is 0 Å². The molecular formula is C24H20Cl2F2O3. The van der Waals surface area contributed by atoms with Gasteiger partial charge in [0.15, 0.2) is 6.61 Å². The van der Waals surface area contributed by atoms with Crippen molar-refractivity contribution in [1.29, 1.82) is 0 Å². The van der Waals surface area contributed by atoms with E-state index in [1.165, 1.54) is 18.2 Å². The number of carbonyl (C=O) groups excluding carboxylic acids is 1. The fourth-order valence-corrected chi connectivity index (χ4v) is 3.74. The van der Waals surface area contributed by atoms with E-state index in [1.54, 1.807) is 43.3 Å². The van der Waals surface area contributed by atoms with Crippen molar-refractivity contribution < 1.29 is 23.0 Å². The van der Waals surface area contributed by atoms with Gasteiger partial charge in [-0.1, -0.05) is 41.4 Å². The molecule has 3 aromatic carbocycles. The third kappa shape index (κ3) is 5.96. The molecule has 31 heavy (non-hydrogen) atoms. The molecule has 0 radical (unpaired) electrons. The lowest BCUT2D eigenvalue weighted by atomic mass is 9.98. The first kappa shape index (κ1) is 23.0. The largest absolute Gasteiger partial charge is 0.480 e. The first-order valence-electron chi connectivity index (χ1n) is 9.68. The Morgan fingerprint density at radius 2 is 1.74 bits per heavy atom. The Morgan fingerprint density at radius 3 is 2.48 bits per heavy atom. The third-order valence-corrected chi connectivity index (χ3v) is 5.42. The number of esters is 1. The first-order valence-corrected chi connectivity index (χ1v) is 10.4. The number of ether oxygens (including phenoxy) is 2. The Labute approximate surface area is 189 Å². The molecule has 0 aromatic heterocycles. The molecule has 0 saturated heterocycles. The summed E-state index contributed by atoms with van der Waals surface area (Å²) < 4.78 is 38.2. The van der Waals surface area contributed by atoms with Gasteiger partial charge in [-0.15, -0.1) is 0 Å². The van der Waals surface area contributed by atoms with Gasteiger partial charge in [-0.2, -0.15) is 0 Å². The van der Waals surface area contributed by atoms with E-state index in [-0.39, 0.29) is 29.9 Å². The van der Waals surface area contributed by atoms with Crippen LogP contribution < -0.4 is 4.74 Å². The van der Waals surface area contributed by atoms with Crippen LogP contribution in [-0.2, 0) is 22.4 Å². The average Bonchev–Trinajstić information content (AvgIpc) is 2.74. The second-order valence-corrected chi connectivity index (χ2v) is 7.53. The molecule has 0 bridgehead atoms. The molecule has 0 N–H and O–H groups in total.